The Morgan fingerprint density at radius 3 is 2.44 bits per heavy atom. The first-order valence-electron chi connectivity index (χ1n) is 3.97. The molecule has 1 saturated carbocycles. The Morgan fingerprint density at radius 1 is 1.33 bits per heavy atom. The lowest BCUT2D eigenvalue weighted by Crippen LogP contribution is -2.30. The van der Waals surface area contributed by atoms with Crippen molar-refractivity contribution < 1.29 is 0 Å². The summed E-state index contributed by atoms with van der Waals surface area (Å²) in [5.41, 5.74) is 0. The van der Waals surface area contributed by atoms with Crippen LogP contribution in [0.5, 0.6) is 0 Å². The molecule has 0 radical (unpaired) electrons. The van der Waals surface area contributed by atoms with Crippen LogP contribution in [0.2, 0.25) is 0 Å². The van der Waals surface area contributed by atoms with Crippen LogP contribution in [0, 0.1) is 11.8 Å². The standard InChI is InChI=1S/C8H15N/c1-6-3-8-4-7(6)5-9(8)2/h6-8H,3-5H2,1-2H3/t6?,7-,8+/m0/s1. The lowest BCUT2D eigenvalue weighted by molar-refractivity contribution is 0.219. The van der Waals surface area contributed by atoms with Crippen molar-refractivity contribution in [1.29, 1.82) is 0 Å². The third-order valence-corrected chi connectivity index (χ3v) is 3.17. The number of rotatable bonds is 0. The van der Waals surface area contributed by atoms with E-state index in [1.807, 2.05) is 0 Å². The Bertz CT molecular complexity index is 104. The van der Waals surface area contributed by atoms with Crippen molar-refractivity contribution in [3.63, 3.8) is 0 Å². The van der Waals surface area contributed by atoms with E-state index in [1.54, 1.807) is 0 Å². The average molecular weight is 125 g/mol. The molecule has 0 N–H and O–H groups in total. The second-order valence-electron chi connectivity index (χ2n) is 3.80. The molecule has 0 aromatic heterocycles. The average Bonchev–Trinajstić information content (AvgIpc) is 2.24. The van der Waals surface area contributed by atoms with Crippen molar-refractivity contribution in [2.75, 3.05) is 13.6 Å². The molecule has 9 heavy (non-hydrogen) atoms. The third-order valence-electron chi connectivity index (χ3n) is 3.17. The summed E-state index contributed by atoms with van der Waals surface area (Å²) in [5.74, 6) is 2.06. The highest BCUT2D eigenvalue weighted by Gasteiger charge is 2.40. The van der Waals surface area contributed by atoms with Crippen molar-refractivity contribution in [3.8, 4) is 0 Å². The minimum atomic E-state index is 0.949. The van der Waals surface area contributed by atoms with Gasteiger partial charge in [-0.05, 0) is 31.7 Å². The third kappa shape index (κ3) is 0.710. The summed E-state index contributed by atoms with van der Waals surface area (Å²) in [5, 5.41) is 0. The van der Waals surface area contributed by atoms with Gasteiger partial charge in [-0.2, -0.15) is 0 Å². The Balaban J connectivity index is 2.10. The van der Waals surface area contributed by atoms with Crippen LogP contribution in [-0.2, 0) is 0 Å². The first-order chi connectivity index (χ1) is 4.27. The molecule has 2 rings (SSSR count). The Labute approximate surface area is 57.0 Å². The van der Waals surface area contributed by atoms with Gasteiger partial charge in [0.05, 0.1) is 0 Å². The van der Waals surface area contributed by atoms with Gasteiger partial charge >= 0.3 is 0 Å². The monoisotopic (exact) mass is 125 g/mol. The van der Waals surface area contributed by atoms with Crippen molar-refractivity contribution in [3.05, 3.63) is 0 Å². The van der Waals surface area contributed by atoms with Crippen molar-refractivity contribution >= 4 is 0 Å². The van der Waals surface area contributed by atoms with Crippen LogP contribution < -0.4 is 0 Å². The van der Waals surface area contributed by atoms with E-state index in [0.29, 0.717) is 0 Å². The normalized spacial score (nSPS) is 50.7. The van der Waals surface area contributed by atoms with Crippen LogP contribution >= 0.6 is 0 Å². The minimum absolute atomic E-state index is 0.949. The molecule has 0 amide bonds. The van der Waals surface area contributed by atoms with Crippen LogP contribution in [0.1, 0.15) is 19.8 Å². The van der Waals surface area contributed by atoms with Crippen LogP contribution in [0.15, 0.2) is 0 Å². The van der Waals surface area contributed by atoms with E-state index >= 15 is 0 Å². The van der Waals surface area contributed by atoms with E-state index in [-0.39, 0.29) is 0 Å². The van der Waals surface area contributed by atoms with Gasteiger partial charge in [0, 0.05) is 12.6 Å². The molecule has 2 bridgehead atoms. The number of likely N-dealkylation sites (tertiary alicyclic amines) is 1. The van der Waals surface area contributed by atoms with Gasteiger partial charge in [-0.3, -0.25) is 0 Å². The molecule has 2 aliphatic rings. The lowest BCUT2D eigenvalue weighted by atomic mass is 9.97. The fraction of sp³-hybridized carbons (Fsp3) is 1.00. The second kappa shape index (κ2) is 1.72. The maximum Gasteiger partial charge on any atom is 0.00981 e. The molecule has 1 aliphatic heterocycles. The number of fused-ring (bicyclic) bond motifs is 2. The number of hydrogen-bond donors (Lipinski definition) is 0. The maximum absolute atomic E-state index is 2.52. The maximum atomic E-state index is 2.52. The van der Waals surface area contributed by atoms with Gasteiger partial charge in [-0.15, -0.1) is 0 Å². The molecule has 2 fully saturated rings. The van der Waals surface area contributed by atoms with Crippen LogP contribution in [0.25, 0.3) is 0 Å². The highest BCUT2D eigenvalue weighted by Crippen LogP contribution is 2.40. The molecule has 1 aliphatic carbocycles. The fourth-order valence-corrected chi connectivity index (χ4v) is 2.43. The first kappa shape index (κ1) is 5.72. The molecule has 1 heterocycles. The molecule has 1 saturated heterocycles. The quantitative estimate of drug-likeness (QED) is 0.472. The van der Waals surface area contributed by atoms with Gasteiger partial charge in [-0.1, -0.05) is 6.92 Å². The summed E-state index contributed by atoms with van der Waals surface area (Å²) >= 11 is 0. The number of nitrogens with zero attached hydrogens (tertiary/aromatic N) is 1. The SMILES string of the molecule is CC1C[C@@H]2C[C@H]1CN2C. The predicted octanol–water partition coefficient (Wildman–Crippen LogP) is 1.35. The van der Waals surface area contributed by atoms with Crippen LogP contribution in [0.4, 0.5) is 0 Å². The summed E-state index contributed by atoms with van der Waals surface area (Å²) < 4.78 is 0. The van der Waals surface area contributed by atoms with Gasteiger partial charge in [0.2, 0.25) is 0 Å². The smallest absolute Gasteiger partial charge is 0.00981 e. The van der Waals surface area contributed by atoms with Crippen molar-refractivity contribution in [1.82, 2.24) is 4.90 Å². The molecule has 0 aromatic carbocycles. The highest BCUT2D eigenvalue weighted by molar-refractivity contribution is 4.93. The van der Waals surface area contributed by atoms with Crippen molar-refractivity contribution in [2.45, 2.75) is 25.8 Å². The Hall–Kier alpha value is -0.0400. The zero-order chi connectivity index (χ0) is 6.43. The minimum Gasteiger partial charge on any atom is -0.303 e. The van der Waals surface area contributed by atoms with E-state index in [4.69, 9.17) is 0 Å². The molecule has 1 nitrogen and oxygen atoms in total. The molecular formula is C8H15N. The zero-order valence-corrected chi connectivity index (χ0v) is 6.30. The van der Waals surface area contributed by atoms with Gasteiger partial charge in [0.1, 0.15) is 0 Å². The topological polar surface area (TPSA) is 3.24 Å². The van der Waals surface area contributed by atoms with E-state index in [9.17, 15) is 0 Å². The van der Waals surface area contributed by atoms with E-state index in [0.717, 1.165) is 17.9 Å². The molecule has 0 aromatic rings. The largest absolute Gasteiger partial charge is 0.303 e. The number of hydrogen-bond acceptors (Lipinski definition) is 1. The molecule has 1 heteroatoms. The lowest BCUT2D eigenvalue weighted by Gasteiger charge is -2.25. The Morgan fingerprint density at radius 2 is 2.11 bits per heavy atom. The van der Waals surface area contributed by atoms with Crippen LogP contribution in [0.3, 0.4) is 0 Å². The predicted molar refractivity (Wildman–Crippen MR) is 38.3 cm³/mol. The highest BCUT2D eigenvalue weighted by atomic mass is 15.2. The Kier molecular flexibility index (Phi) is 1.10. The van der Waals surface area contributed by atoms with Gasteiger partial charge in [0.25, 0.3) is 0 Å². The summed E-state index contributed by atoms with van der Waals surface area (Å²) in [6.07, 6.45) is 2.94. The summed E-state index contributed by atoms with van der Waals surface area (Å²) in [7, 11) is 2.26. The second-order valence-corrected chi connectivity index (χ2v) is 3.80. The first-order valence-corrected chi connectivity index (χ1v) is 3.97. The summed E-state index contributed by atoms with van der Waals surface area (Å²) in [4.78, 5) is 2.52. The van der Waals surface area contributed by atoms with E-state index in [1.165, 1.54) is 19.4 Å². The van der Waals surface area contributed by atoms with Gasteiger partial charge < -0.3 is 4.90 Å². The van der Waals surface area contributed by atoms with Crippen LogP contribution in [-0.4, -0.2) is 24.5 Å². The molecule has 0 spiro atoms. The molecule has 3 atom stereocenters. The van der Waals surface area contributed by atoms with E-state index < -0.39 is 0 Å². The van der Waals surface area contributed by atoms with Gasteiger partial charge in [0.15, 0.2) is 0 Å². The number of piperidine rings is 1. The van der Waals surface area contributed by atoms with Gasteiger partial charge in [-0.25, -0.2) is 0 Å². The zero-order valence-electron chi connectivity index (χ0n) is 6.30. The molecule has 52 valence electrons. The fourth-order valence-electron chi connectivity index (χ4n) is 2.43. The van der Waals surface area contributed by atoms with E-state index in [2.05, 4.69) is 18.9 Å². The summed E-state index contributed by atoms with van der Waals surface area (Å²) in [6, 6.07) is 0.949. The summed E-state index contributed by atoms with van der Waals surface area (Å²) in [6.45, 7) is 3.77. The molecule has 1 unspecified atom stereocenters. The molecular weight excluding hydrogens is 110 g/mol. The van der Waals surface area contributed by atoms with Crippen molar-refractivity contribution in [2.24, 2.45) is 11.8 Å².